The van der Waals surface area contributed by atoms with Crippen LogP contribution in [0.4, 0.5) is 14.9 Å². The Morgan fingerprint density at radius 2 is 1.64 bits per heavy atom. The molecule has 264 valence electrons. The molecular weight excluding hydrogens is 652 g/mol. The fourth-order valence-electron chi connectivity index (χ4n) is 6.01. The van der Waals surface area contributed by atoms with E-state index < -0.39 is 14.4 Å². The summed E-state index contributed by atoms with van der Waals surface area (Å²) in [5.41, 5.74) is 4.23. The lowest BCUT2D eigenvalue weighted by molar-refractivity contribution is -0.131. The van der Waals surface area contributed by atoms with E-state index in [1.54, 1.807) is 24.1 Å². The molecule has 1 aliphatic heterocycles. The monoisotopic (exact) mass is 698 g/mol. The first-order valence-electron chi connectivity index (χ1n) is 16.9. The quantitative estimate of drug-likeness (QED) is 0.101. The largest absolute Gasteiger partial charge is 0.497 e. The number of nitrogens with zero attached hydrogens (tertiary/aromatic N) is 1. The predicted octanol–water partition coefficient (Wildman–Crippen LogP) is 9.43. The summed E-state index contributed by atoms with van der Waals surface area (Å²) in [5.74, 6) is 0.538. The van der Waals surface area contributed by atoms with Crippen LogP contribution >= 0.6 is 0 Å². The van der Waals surface area contributed by atoms with E-state index in [9.17, 15) is 14.0 Å². The average Bonchev–Trinajstić information content (AvgIpc) is 3.09. The number of rotatable bonds is 14. The summed E-state index contributed by atoms with van der Waals surface area (Å²) in [4.78, 5) is 27.0. The maximum atomic E-state index is 14.2. The third kappa shape index (κ3) is 8.54. The number of anilines is 1. The van der Waals surface area contributed by atoms with Crippen molar-refractivity contribution in [2.24, 2.45) is 5.92 Å². The van der Waals surface area contributed by atoms with Crippen LogP contribution in [0, 0.1) is 11.7 Å². The first-order valence-corrected chi connectivity index (χ1v) is 19.8. The topological polar surface area (TPSA) is 97.3 Å². The van der Waals surface area contributed by atoms with E-state index >= 15 is 0 Å². The summed E-state index contributed by atoms with van der Waals surface area (Å²) in [5, 5.41) is 11.4. The summed E-state index contributed by atoms with van der Waals surface area (Å²) in [7, 11) is -0.632. The highest BCUT2D eigenvalue weighted by Crippen LogP contribution is 2.50. The molecule has 2 N–H and O–H groups in total. The van der Waals surface area contributed by atoms with Gasteiger partial charge in [0.2, 0.25) is 5.91 Å². The molecule has 0 saturated carbocycles. The Balaban J connectivity index is 1.49. The van der Waals surface area contributed by atoms with Gasteiger partial charge in [0.25, 0.3) is 0 Å². The molecule has 0 radical (unpaired) electrons. The Morgan fingerprint density at radius 1 is 0.960 bits per heavy atom. The third-order valence-corrected chi connectivity index (χ3v) is 14.4. The zero-order valence-electron chi connectivity index (χ0n) is 29.6. The van der Waals surface area contributed by atoms with Gasteiger partial charge in [-0.25, -0.2) is 9.18 Å². The Morgan fingerprint density at radius 3 is 2.26 bits per heavy atom. The molecule has 0 spiro atoms. The van der Waals surface area contributed by atoms with E-state index in [1.807, 2.05) is 72.8 Å². The van der Waals surface area contributed by atoms with Gasteiger partial charge in [0.1, 0.15) is 23.9 Å². The van der Waals surface area contributed by atoms with Crippen molar-refractivity contribution in [2.45, 2.75) is 77.0 Å². The number of halogens is 1. The highest BCUT2D eigenvalue weighted by atomic mass is 28.4. The highest BCUT2D eigenvalue weighted by molar-refractivity contribution is 6.74. The van der Waals surface area contributed by atoms with Crippen molar-refractivity contribution in [3.05, 3.63) is 125 Å². The second-order valence-corrected chi connectivity index (χ2v) is 19.0. The highest BCUT2D eigenvalue weighted by Gasteiger charge is 2.50. The molecular formula is C40H47FN2O6Si. The number of ether oxygens (including phenoxy) is 2. The first kappa shape index (κ1) is 36.6. The van der Waals surface area contributed by atoms with E-state index in [0.717, 1.165) is 22.3 Å². The van der Waals surface area contributed by atoms with Gasteiger partial charge in [0.05, 0.1) is 25.2 Å². The molecule has 3 unspecified atom stereocenters. The van der Waals surface area contributed by atoms with Crippen molar-refractivity contribution in [3.8, 4) is 11.5 Å². The van der Waals surface area contributed by atoms with Crippen molar-refractivity contribution in [3.63, 3.8) is 0 Å². The number of carbonyl (C=O) groups excluding carboxylic acids is 1. The molecule has 0 bridgehead atoms. The third-order valence-electron chi connectivity index (χ3n) is 9.87. The van der Waals surface area contributed by atoms with E-state index in [2.05, 4.69) is 39.2 Å². The number of carboxylic acid groups (broad SMARTS) is 1. The number of benzene rings is 4. The summed E-state index contributed by atoms with van der Waals surface area (Å²) in [6, 6.07) is 29.0. The van der Waals surface area contributed by atoms with E-state index in [0.29, 0.717) is 36.6 Å². The molecule has 3 atom stereocenters. The normalized spacial score (nSPS) is 16.8. The van der Waals surface area contributed by atoms with E-state index in [4.69, 9.17) is 19.0 Å². The van der Waals surface area contributed by atoms with Crippen molar-refractivity contribution >= 4 is 26.0 Å². The van der Waals surface area contributed by atoms with Crippen molar-refractivity contribution < 1.29 is 33.0 Å². The predicted molar refractivity (Wildman–Crippen MR) is 195 cm³/mol. The van der Waals surface area contributed by atoms with Gasteiger partial charge in [0.15, 0.2) is 8.32 Å². The van der Waals surface area contributed by atoms with E-state index in [1.165, 1.54) is 12.1 Å². The van der Waals surface area contributed by atoms with Gasteiger partial charge in [-0.05, 0) is 84.1 Å². The Hall–Kier alpha value is -4.67. The summed E-state index contributed by atoms with van der Waals surface area (Å²) in [6.07, 6.45) is -0.324. The number of methoxy groups -OCH3 is 1. The average molecular weight is 699 g/mol. The van der Waals surface area contributed by atoms with Crippen LogP contribution in [0.25, 0.3) is 0 Å². The molecule has 4 aromatic rings. The molecule has 50 heavy (non-hydrogen) atoms. The van der Waals surface area contributed by atoms with Gasteiger partial charge in [-0.3, -0.25) is 4.79 Å². The molecule has 0 aliphatic carbocycles. The molecule has 10 heteroatoms. The smallest absolute Gasteiger partial charge is 0.404 e. The summed E-state index contributed by atoms with van der Waals surface area (Å²) < 4.78 is 32.9. The summed E-state index contributed by atoms with van der Waals surface area (Å²) in [6.45, 7) is 11.5. The zero-order chi connectivity index (χ0) is 36.1. The second-order valence-electron chi connectivity index (χ2n) is 14.3. The lowest BCUT2D eigenvalue weighted by atomic mass is 9.78. The number of hydrogen-bond acceptors (Lipinski definition) is 5. The van der Waals surface area contributed by atoms with Crippen LogP contribution in [0.5, 0.6) is 11.5 Å². The lowest BCUT2D eigenvalue weighted by Crippen LogP contribution is -2.55. The van der Waals surface area contributed by atoms with Gasteiger partial charge in [0, 0.05) is 23.9 Å². The minimum Gasteiger partial charge on any atom is -0.497 e. The van der Waals surface area contributed by atoms with Gasteiger partial charge in [-0.2, -0.15) is 0 Å². The number of hydrogen-bond donors (Lipinski definition) is 2. The van der Waals surface area contributed by atoms with Crippen LogP contribution in [0.1, 0.15) is 68.0 Å². The molecule has 2 amide bonds. The maximum Gasteiger partial charge on any atom is 0.404 e. The SMILES string of the molecule is COc1ccc(C2C(CCC(O[Si](C)(C)C(C)(C)C)c3ccc(F)cc3)C(=O)N2c2ccc(CNC(=O)O)cc2)c(OCc2ccccc2)c1. The molecule has 1 fully saturated rings. The molecule has 1 saturated heterocycles. The molecule has 8 nitrogen and oxygen atoms in total. The minimum atomic E-state index is -2.24. The standard InChI is InChI=1S/C40H47FN2O6Si/c1-40(2,3)50(5,6)49-35(29-14-16-30(41)17-15-29)23-22-34-37(43(38(34)44)31-18-12-27(13-19-31)25-42-39(45)46)33-21-20-32(47-4)24-36(33)48-26-28-10-8-7-9-11-28/h7-21,24,34-35,37,42H,22-23,25-26H2,1-6H3,(H,45,46). The number of carbonyl (C=O) groups is 2. The van der Waals surface area contributed by atoms with Crippen LogP contribution in [0.15, 0.2) is 97.1 Å². The number of nitrogens with one attached hydrogen (secondary N) is 1. The fraction of sp³-hybridized carbons (Fsp3) is 0.350. The van der Waals surface area contributed by atoms with Gasteiger partial charge >= 0.3 is 6.09 Å². The van der Waals surface area contributed by atoms with Crippen molar-refractivity contribution in [1.29, 1.82) is 0 Å². The van der Waals surface area contributed by atoms with Crippen molar-refractivity contribution in [1.82, 2.24) is 5.32 Å². The van der Waals surface area contributed by atoms with Gasteiger partial charge in [-0.1, -0.05) is 75.4 Å². The lowest BCUT2D eigenvalue weighted by Gasteiger charge is -2.48. The van der Waals surface area contributed by atoms with Crippen LogP contribution in [-0.4, -0.2) is 32.5 Å². The molecule has 1 aliphatic rings. The maximum absolute atomic E-state index is 14.2. The van der Waals surface area contributed by atoms with Crippen molar-refractivity contribution in [2.75, 3.05) is 12.0 Å². The van der Waals surface area contributed by atoms with Gasteiger partial charge < -0.3 is 29.2 Å². The zero-order valence-corrected chi connectivity index (χ0v) is 30.6. The van der Waals surface area contributed by atoms with Crippen LogP contribution in [0.3, 0.4) is 0 Å². The second kappa shape index (κ2) is 15.5. The fourth-order valence-corrected chi connectivity index (χ4v) is 7.33. The molecule has 0 aromatic heterocycles. The Kier molecular flexibility index (Phi) is 11.3. The van der Waals surface area contributed by atoms with E-state index in [-0.39, 0.29) is 41.4 Å². The van der Waals surface area contributed by atoms with Gasteiger partial charge in [-0.15, -0.1) is 0 Å². The molecule has 1 heterocycles. The van der Waals surface area contributed by atoms with Crippen LogP contribution in [0.2, 0.25) is 18.1 Å². The molecule has 5 rings (SSSR count). The Bertz CT molecular complexity index is 1760. The van der Waals surface area contributed by atoms with Crippen LogP contribution in [-0.2, 0) is 22.4 Å². The molecule has 4 aromatic carbocycles. The first-order chi connectivity index (χ1) is 23.8. The number of β-lactam (4-membered cyclic amide) rings is 1. The summed E-state index contributed by atoms with van der Waals surface area (Å²) >= 11 is 0. The number of amides is 2. The minimum absolute atomic E-state index is 0.0265. The van der Waals surface area contributed by atoms with Crippen LogP contribution < -0.4 is 19.7 Å². The Labute approximate surface area is 295 Å².